The highest BCUT2D eigenvalue weighted by Gasteiger charge is 2.29. The van der Waals surface area contributed by atoms with E-state index in [-0.39, 0.29) is 23.3 Å². The molecule has 108 valence electrons. The highest BCUT2D eigenvalue weighted by Crippen LogP contribution is 2.28. The number of sulfonamides is 1. The summed E-state index contributed by atoms with van der Waals surface area (Å²) in [5.74, 6) is 0. The molecule has 19 heavy (non-hydrogen) atoms. The number of nitrogens with one attached hydrogen (secondary N) is 1. The lowest BCUT2D eigenvalue weighted by molar-refractivity contribution is 0.310. The Labute approximate surface area is 133 Å². The lowest BCUT2D eigenvalue weighted by atomic mass is 10.3. The molecule has 0 spiro atoms. The fourth-order valence-electron chi connectivity index (χ4n) is 1.94. The van der Waals surface area contributed by atoms with E-state index >= 15 is 0 Å². The summed E-state index contributed by atoms with van der Waals surface area (Å²) in [4.78, 5) is 0.265. The molecule has 0 aliphatic carbocycles. The SMILES string of the molecule is CC1CN(S(=O)(=O)c2ccc(Cl)cc2Br)CCN1.Cl. The van der Waals surface area contributed by atoms with Gasteiger partial charge in [-0.25, -0.2) is 8.42 Å². The molecule has 1 aromatic carbocycles. The van der Waals surface area contributed by atoms with Gasteiger partial charge in [-0.05, 0) is 41.1 Å². The average Bonchev–Trinajstić information content (AvgIpc) is 2.28. The molecule has 1 saturated heterocycles. The van der Waals surface area contributed by atoms with Crippen molar-refractivity contribution < 1.29 is 8.42 Å². The van der Waals surface area contributed by atoms with Gasteiger partial charge in [0.2, 0.25) is 10.0 Å². The highest BCUT2D eigenvalue weighted by molar-refractivity contribution is 9.10. The molecule has 1 fully saturated rings. The van der Waals surface area contributed by atoms with Crippen LogP contribution in [-0.2, 0) is 10.0 Å². The highest BCUT2D eigenvalue weighted by atomic mass is 79.9. The third kappa shape index (κ3) is 3.83. The molecule has 0 amide bonds. The van der Waals surface area contributed by atoms with Crippen molar-refractivity contribution in [2.45, 2.75) is 17.9 Å². The fraction of sp³-hybridized carbons (Fsp3) is 0.455. The van der Waals surface area contributed by atoms with Gasteiger partial charge in [-0.1, -0.05) is 11.6 Å². The Hall–Kier alpha value is 0.150. The minimum Gasteiger partial charge on any atom is -0.312 e. The summed E-state index contributed by atoms with van der Waals surface area (Å²) in [5.41, 5.74) is 0. The van der Waals surface area contributed by atoms with Crippen LogP contribution in [0.5, 0.6) is 0 Å². The van der Waals surface area contributed by atoms with Gasteiger partial charge in [0, 0.05) is 35.2 Å². The summed E-state index contributed by atoms with van der Waals surface area (Å²) in [5, 5.41) is 3.73. The standard InChI is InChI=1S/C11H14BrClN2O2S.ClH/c1-8-7-15(5-4-14-8)18(16,17)11-3-2-9(13)6-10(11)12;/h2-3,6,8,14H,4-5,7H2,1H3;1H. The van der Waals surface area contributed by atoms with E-state index in [1.165, 1.54) is 10.4 Å². The summed E-state index contributed by atoms with van der Waals surface area (Å²) in [6.07, 6.45) is 0. The molecule has 1 unspecified atom stereocenters. The molecule has 1 aliphatic heterocycles. The van der Waals surface area contributed by atoms with Gasteiger partial charge < -0.3 is 5.32 Å². The van der Waals surface area contributed by atoms with Crippen LogP contribution in [0.3, 0.4) is 0 Å². The maximum atomic E-state index is 12.5. The first kappa shape index (κ1) is 17.2. The zero-order valence-corrected chi connectivity index (χ0v) is 14.2. The van der Waals surface area contributed by atoms with Crippen LogP contribution in [-0.4, -0.2) is 38.4 Å². The normalized spacial score (nSPS) is 20.9. The van der Waals surface area contributed by atoms with E-state index in [2.05, 4.69) is 21.2 Å². The summed E-state index contributed by atoms with van der Waals surface area (Å²) in [6, 6.07) is 4.89. The largest absolute Gasteiger partial charge is 0.312 e. The van der Waals surface area contributed by atoms with E-state index in [1.54, 1.807) is 12.1 Å². The van der Waals surface area contributed by atoms with E-state index in [4.69, 9.17) is 11.6 Å². The van der Waals surface area contributed by atoms with Gasteiger partial charge >= 0.3 is 0 Å². The van der Waals surface area contributed by atoms with Crippen molar-refractivity contribution in [2.24, 2.45) is 0 Å². The molecular weight excluding hydrogens is 375 g/mol. The number of nitrogens with zero attached hydrogens (tertiary/aromatic N) is 1. The van der Waals surface area contributed by atoms with Gasteiger partial charge in [0.15, 0.2) is 0 Å². The van der Waals surface area contributed by atoms with Gasteiger partial charge in [-0.15, -0.1) is 12.4 Å². The molecule has 0 aromatic heterocycles. The molecule has 1 atom stereocenters. The molecule has 0 radical (unpaired) electrons. The lowest BCUT2D eigenvalue weighted by Gasteiger charge is -2.31. The minimum absolute atomic E-state index is 0. The van der Waals surface area contributed by atoms with Crippen molar-refractivity contribution in [1.82, 2.24) is 9.62 Å². The van der Waals surface area contributed by atoms with Gasteiger partial charge in [0.1, 0.15) is 0 Å². The summed E-state index contributed by atoms with van der Waals surface area (Å²) < 4.78 is 27.0. The molecular formula is C11H15BrCl2N2O2S. The Balaban J connectivity index is 0.00000180. The van der Waals surface area contributed by atoms with E-state index < -0.39 is 10.0 Å². The van der Waals surface area contributed by atoms with Gasteiger partial charge in [-0.3, -0.25) is 0 Å². The first-order chi connectivity index (χ1) is 8.41. The van der Waals surface area contributed by atoms with Crippen molar-refractivity contribution in [2.75, 3.05) is 19.6 Å². The zero-order valence-electron chi connectivity index (χ0n) is 10.3. The number of hydrogen-bond acceptors (Lipinski definition) is 3. The summed E-state index contributed by atoms with van der Waals surface area (Å²) in [6.45, 7) is 3.61. The maximum Gasteiger partial charge on any atom is 0.244 e. The summed E-state index contributed by atoms with van der Waals surface area (Å²) in [7, 11) is -3.45. The van der Waals surface area contributed by atoms with Gasteiger partial charge in [0.05, 0.1) is 4.90 Å². The van der Waals surface area contributed by atoms with Crippen molar-refractivity contribution in [3.8, 4) is 0 Å². The first-order valence-corrected chi connectivity index (χ1v) is 8.21. The Morgan fingerprint density at radius 1 is 1.47 bits per heavy atom. The lowest BCUT2D eigenvalue weighted by Crippen LogP contribution is -2.51. The molecule has 1 aromatic rings. The predicted molar refractivity (Wildman–Crippen MR) is 82.6 cm³/mol. The predicted octanol–water partition coefficient (Wildman–Crippen LogP) is 2.51. The average molecular weight is 390 g/mol. The monoisotopic (exact) mass is 388 g/mol. The molecule has 2 rings (SSSR count). The van der Waals surface area contributed by atoms with E-state index in [1.807, 2.05) is 6.92 Å². The molecule has 8 heteroatoms. The van der Waals surface area contributed by atoms with Crippen LogP contribution in [0, 0.1) is 0 Å². The number of halogens is 3. The van der Waals surface area contributed by atoms with Crippen LogP contribution in [0.2, 0.25) is 5.02 Å². The molecule has 4 nitrogen and oxygen atoms in total. The van der Waals surface area contributed by atoms with Gasteiger partial charge in [0.25, 0.3) is 0 Å². The molecule has 0 saturated carbocycles. The van der Waals surface area contributed by atoms with Crippen LogP contribution < -0.4 is 5.32 Å². The summed E-state index contributed by atoms with van der Waals surface area (Å²) >= 11 is 9.09. The van der Waals surface area contributed by atoms with Crippen LogP contribution in [0.25, 0.3) is 0 Å². The number of hydrogen-bond donors (Lipinski definition) is 1. The van der Waals surface area contributed by atoms with E-state index in [0.717, 1.165) is 0 Å². The molecule has 1 heterocycles. The van der Waals surface area contributed by atoms with E-state index in [9.17, 15) is 8.42 Å². The van der Waals surface area contributed by atoms with Crippen molar-refractivity contribution in [3.05, 3.63) is 27.7 Å². The van der Waals surface area contributed by atoms with Crippen LogP contribution in [0.15, 0.2) is 27.6 Å². The number of rotatable bonds is 2. The molecule has 1 aliphatic rings. The number of benzene rings is 1. The molecule has 1 N–H and O–H groups in total. The second-order valence-electron chi connectivity index (χ2n) is 4.29. The molecule has 0 bridgehead atoms. The van der Waals surface area contributed by atoms with Crippen LogP contribution >= 0.6 is 39.9 Å². The van der Waals surface area contributed by atoms with Crippen molar-refractivity contribution >= 4 is 50.0 Å². The van der Waals surface area contributed by atoms with E-state index in [0.29, 0.717) is 29.1 Å². The first-order valence-electron chi connectivity index (χ1n) is 5.60. The number of piperazine rings is 1. The van der Waals surface area contributed by atoms with Gasteiger partial charge in [-0.2, -0.15) is 4.31 Å². The van der Waals surface area contributed by atoms with Crippen molar-refractivity contribution in [3.63, 3.8) is 0 Å². The van der Waals surface area contributed by atoms with Crippen LogP contribution in [0.4, 0.5) is 0 Å². The Morgan fingerprint density at radius 2 is 2.16 bits per heavy atom. The smallest absolute Gasteiger partial charge is 0.244 e. The second-order valence-corrected chi connectivity index (χ2v) is 7.49. The fourth-order valence-corrected chi connectivity index (χ4v) is 4.81. The Bertz CT molecular complexity index is 554. The van der Waals surface area contributed by atoms with Crippen LogP contribution in [0.1, 0.15) is 6.92 Å². The maximum absolute atomic E-state index is 12.5. The zero-order chi connectivity index (χ0) is 13.3. The minimum atomic E-state index is -3.45. The Kier molecular flexibility index (Phi) is 6.10. The topological polar surface area (TPSA) is 49.4 Å². The van der Waals surface area contributed by atoms with Crippen molar-refractivity contribution in [1.29, 1.82) is 0 Å². The quantitative estimate of drug-likeness (QED) is 0.845. The third-order valence-corrected chi connectivity index (χ3v) is 5.92. The third-order valence-electron chi connectivity index (χ3n) is 2.84. The Morgan fingerprint density at radius 3 is 2.74 bits per heavy atom. The second kappa shape index (κ2) is 6.74.